The molecule has 0 aromatic heterocycles. The van der Waals surface area contributed by atoms with Gasteiger partial charge >= 0.3 is 0 Å². The lowest BCUT2D eigenvalue weighted by Gasteiger charge is -2.31. The van der Waals surface area contributed by atoms with Crippen molar-refractivity contribution in [3.63, 3.8) is 0 Å². The first-order valence-corrected chi connectivity index (χ1v) is 8.88. The topological polar surface area (TPSA) is 127 Å². The number of ketones is 1. The van der Waals surface area contributed by atoms with E-state index in [-0.39, 0.29) is 40.5 Å². The number of rotatable bonds is 3. The molecule has 0 radical (unpaired) electrons. The van der Waals surface area contributed by atoms with Crippen molar-refractivity contribution in [1.82, 2.24) is 0 Å². The van der Waals surface area contributed by atoms with Crippen LogP contribution in [0.15, 0.2) is 54.6 Å². The molecule has 0 aliphatic carbocycles. The van der Waals surface area contributed by atoms with Crippen LogP contribution in [0.5, 0.6) is 28.7 Å². The third-order valence-corrected chi connectivity index (χ3v) is 4.94. The molecule has 1 aliphatic heterocycles. The molecule has 0 fully saturated rings. The van der Waals surface area contributed by atoms with Crippen LogP contribution in [0, 0.1) is 0 Å². The SMILES string of the molecule is O=C1c2c(cc(O)c(Cc3ccc(O)cc3)c2O)O[C@@H](c2ccc(O)cc2)[C@H]1O. The van der Waals surface area contributed by atoms with E-state index < -0.39 is 23.7 Å². The van der Waals surface area contributed by atoms with E-state index in [9.17, 15) is 30.3 Å². The number of aromatic hydroxyl groups is 4. The van der Waals surface area contributed by atoms with Crippen LogP contribution in [-0.2, 0) is 6.42 Å². The number of ether oxygens (including phenoxy) is 1. The van der Waals surface area contributed by atoms with Gasteiger partial charge in [-0.05, 0) is 35.4 Å². The molecule has 5 N–H and O–H groups in total. The highest BCUT2D eigenvalue weighted by Gasteiger charge is 2.40. The van der Waals surface area contributed by atoms with Crippen LogP contribution < -0.4 is 4.74 Å². The molecule has 0 spiro atoms. The Kier molecular flexibility index (Phi) is 4.52. The van der Waals surface area contributed by atoms with Crippen molar-refractivity contribution in [3.8, 4) is 28.7 Å². The first-order valence-electron chi connectivity index (χ1n) is 8.88. The number of fused-ring (bicyclic) bond motifs is 1. The molecule has 1 heterocycles. The minimum Gasteiger partial charge on any atom is -0.508 e. The molecule has 1 aliphatic rings. The smallest absolute Gasteiger partial charge is 0.202 e. The second-order valence-corrected chi connectivity index (χ2v) is 6.88. The van der Waals surface area contributed by atoms with Crippen LogP contribution in [0.25, 0.3) is 0 Å². The summed E-state index contributed by atoms with van der Waals surface area (Å²) >= 11 is 0. The van der Waals surface area contributed by atoms with Gasteiger partial charge in [0.1, 0.15) is 34.3 Å². The van der Waals surface area contributed by atoms with Crippen LogP contribution in [0.2, 0.25) is 0 Å². The molecule has 0 saturated heterocycles. The zero-order valence-electron chi connectivity index (χ0n) is 15.1. The molecule has 2 atom stereocenters. The highest BCUT2D eigenvalue weighted by molar-refractivity contribution is 6.06. The molecule has 0 amide bonds. The summed E-state index contributed by atoms with van der Waals surface area (Å²) in [6.45, 7) is 0. The summed E-state index contributed by atoms with van der Waals surface area (Å²) in [7, 11) is 0. The van der Waals surface area contributed by atoms with E-state index in [0.717, 1.165) is 0 Å². The molecule has 3 aromatic rings. The fourth-order valence-corrected chi connectivity index (χ4v) is 3.40. The van der Waals surface area contributed by atoms with Crippen molar-refractivity contribution < 1.29 is 35.1 Å². The van der Waals surface area contributed by atoms with Crippen LogP contribution in [0.1, 0.15) is 33.2 Å². The summed E-state index contributed by atoms with van der Waals surface area (Å²) in [6.07, 6.45) is -2.50. The number of hydrogen-bond acceptors (Lipinski definition) is 7. The lowest BCUT2D eigenvalue weighted by molar-refractivity contribution is 0.0210. The summed E-state index contributed by atoms with van der Waals surface area (Å²) in [4.78, 5) is 12.8. The number of hydrogen-bond donors (Lipinski definition) is 5. The first-order chi connectivity index (χ1) is 13.8. The van der Waals surface area contributed by atoms with Gasteiger partial charge in [-0.3, -0.25) is 4.79 Å². The number of carbonyl (C=O) groups excluding carboxylic acids is 1. The summed E-state index contributed by atoms with van der Waals surface area (Å²) < 4.78 is 5.72. The maximum atomic E-state index is 12.8. The Balaban J connectivity index is 1.73. The predicted molar refractivity (Wildman–Crippen MR) is 102 cm³/mol. The lowest BCUT2D eigenvalue weighted by Crippen LogP contribution is -2.36. The largest absolute Gasteiger partial charge is 0.508 e. The van der Waals surface area contributed by atoms with Crippen molar-refractivity contribution in [2.75, 3.05) is 0 Å². The quantitative estimate of drug-likeness (QED) is 0.462. The molecule has 7 nitrogen and oxygen atoms in total. The number of Topliss-reactive ketones (excluding diaryl/α,β-unsaturated/α-hetero) is 1. The molecule has 4 rings (SSSR count). The second kappa shape index (κ2) is 7.03. The number of phenols is 4. The maximum absolute atomic E-state index is 12.8. The standard InChI is InChI=1S/C22H18O7/c23-13-5-1-11(2-6-13)9-15-16(25)10-17-18(19(15)26)20(27)21(28)22(29-17)12-3-7-14(24)8-4-12/h1-8,10,21-26,28H,9H2/t21-,22-/m0/s1. The third kappa shape index (κ3) is 3.32. The van der Waals surface area contributed by atoms with E-state index in [4.69, 9.17) is 4.74 Å². The van der Waals surface area contributed by atoms with Crippen molar-refractivity contribution >= 4 is 5.78 Å². The van der Waals surface area contributed by atoms with Crippen molar-refractivity contribution in [1.29, 1.82) is 0 Å². The molecular weight excluding hydrogens is 376 g/mol. The van der Waals surface area contributed by atoms with E-state index in [1.165, 1.54) is 42.5 Å². The monoisotopic (exact) mass is 394 g/mol. The molecule has 148 valence electrons. The summed E-state index contributed by atoms with van der Waals surface area (Å²) in [5, 5.41) is 50.4. The van der Waals surface area contributed by atoms with Crippen molar-refractivity contribution in [2.45, 2.75) is 18.6 Å². The molecule has 0 bridgehead atoms. The average molecular weight is 394 g/mol. The molecule has 0 unspecified atom stereocenters. The average Bonchev–Trinajstić information content (AvgIpc) is 2.70. The van der Waals surface area contributed by atoms with Gasteiger partial charge in [0.15, 0.2) is 12.2 Å². The third-order valence-electron chi connectivity index (χ3n) is 4.94. The normalized spacial score (nSPS) is 18.2. The van der Waals surface area contributed by atoms with Crippen LogP contribution in [-0.4, -0.2) is 37.4 Å². The Morgan fingerprint density at radius 3 is 2.07 bits per heavy atom. The highest BCUT2D eigenvalue weighted by Crippen LogP contribution is 2.45. The summed E-state index contributed by atoms with van der Waals surface area (Å²) in [5.74, 6) is -1.37. The molecular formula is C22H18O7. The van der Waals surface area contributed by atoms with Crippen molar-refractivity contribution in [3.05, 3.63) is 76.9 Å². The molecule has 29 heavy (non-hydrogen) atoms. The highest BCUT2D eigenvalue weighted by atomic mass is 16.5. The van der Waals surface area contributed by atoms with Crippen LogP contribution in [0.3, 0.4) is 0 Å². The molecule has 3 aromatic carbocycles. The summed E-state index contributed by atoms with van der Waals surface area (Å²) in [6, 6.07) is 13.3. The minimum absolute atomic E-state index is 0.0277. The number of carbonyl (C=O) groups is 1. The van der Waals surface area contributed by atoms with E-state index in [2.05, 4.69) is 0 Å². The van der Waals surface area contributed by atoms with Gasteiger partial charge in [0, 0.05) is 18.1 Å². The first kappa shape index (κ1) is 18.6. The Hall–Kier alpha value is -3.71. The predicted octanol–water partition coefficient (Wildman–Crippen LogP) is 2.78. The molecule has 0 saturated carbocycles. The zero-order valence-corrected chi connectivity index (χ0v) is 15.1. The zero-order chi connectivity index (χ0) is 20.7. The van der Waals surface area contributed by atoms with E-state index in [1.54, 1.807) is 12.1 Å². The Labute approximate surface area is 165 Å². The van der Waals surface area contributed by atoms with Gasteiger partial charge in [-0.25, -0.2) is 0 Å². The number of aliphatic hydroxyl groups is 1. The Bertz CT molecular complexity index is 1070. The van der Waals surface area contributed by atoms with E-state index in [0.29, 0.717) is 11.1 Å². The fraction of sp³-hybridized carbons (Fsp3) is 0.136. The van der Waals surface area contributed by atoms with Gasteiger partial charge < -0.3 is 30.3 Å². The lowest BCUT2D eigenvalue weighted by atomic mass is 9.90. The second-order valence-electron chi connectivity index (χ2n) is 6.88. The van der Waals surface area contributed by atoms with Gasteiger partial charge in [0.05, 0.1) is 0 Å². The van der Waals surface area contributed by atoms with E-state index in [1.807, 2.05) is 0 Å². The van der Waals surface area contributed by atoms with Gasteiger partial charge in [-0.2, -0.15) is 0 Å². The number of aliphatic hydroxyl groups excluding tert-OH is 1. The van der Waals surface area contributed by atoms with E-state index >= 15 is 0 Å². The minimum atomic E-state index is -1.57. The van der Waals surface area contributed by atoms with Gasteiger partial charge in [-0.1, -0.05) is 24.3 Å². The fourth-order valence-electron chi connectivity index (χ4n) is 3.40. The van der Waals surface area contributed by atoms with Crippen molar-refractivity contribution in [2.24, 2.45) is 0 Å². The van der Waals surface area contributed by atoms with Crippen LogP contribution in [0.4, 0.5) is 0 Å². The Morgan fingerprint density at radius 2 is 1.45 bits per heavy atom. The van der Waals surface area contributed by atoms with Crippen LogP contribution >= 0.6 is 0 Å². The summed E-state index contributed by atoms with van der Waals surface area (Å²) in [5.41, 5.74) is 1.07. The Morgan fingerprint density at radius 1 is 0.862 bits per heavy atom. The molecule has 7 heteroatoms. The maximum Gasteiger partial charge on any atom is 0.202 e. The van der Waals surface area contributed by atoms with Gasteiger partial charge in [0.2, 0.25) is 5.78 Å². The van der Waals surface area contributed by atoms with Gasteiger partial charge in [-0.15, -0.1) is 0 Å². The number of benzene rings is 3. The number of phenolic OH excluding ortho intramolecular Hbond substituents is 4. The van der Waals surface area contributed by atoms with Gasteiger partial charge in [0.25, 0.3) is 0 Å².